The summed E-state index contributed by atoms with van der Waals surface area (Å²) in [5, 5.41) is 14.2. The molecule has 116 valence electrons. The van der Waals surface area contributed by atoms with E-state index in [1.807, 2.05) is 0 Å². The quantitative estimate of drug-likeness (QED) is 0.721. The molecule has 0 saturated carbocycles. The summed E-state index contributed by atoms with van der Waals surface area (Å²) in [6, 6.07) is 15.7. The third-order valence-electron chi connectivity index (χ3n) is 4.60. The number of aryl methyl sites for hydroxylation is 1. The minimum atomic E-state index is 0.244. The zero-order valence-electron chi connectivity index (χ0n) is 13.4. The molecule has 1 heterocycles. The molecule has 3 heteroatoms. The second-order valence-electron chi connectivity index (χ2n) is 5.90. The Balaban J connectivity index is 2.01. The van der Waals surface area contributed by atoms with Crippen LogP contribution < -0.4 is 5.32 Å². The number of aromatic nitrogens is 1. The Morgan fingerprint density at radius 1 is 1.05 bits per heavy atom. The van der Waals surface area contributed by atoms with Crippen LogP contribution in [0.1, 0.15) is 25.8 Å². The number of nitrogens with two attached hydrogens (primary N) is 1. The standard InChI is InChI=1S/C19H24N2O/c1-3-15(13-22)20-12-14-9-10-19-17(11-14)16-7-5-6-8-18(16)21(19)4-2/h5-11,15,20,22H,3-4,12-13H2,1-2H3/p+1/t15-/m1/s1. The molecule has 0 amide bonds. The fourth-order valence-electron chi connectivity index (χ4n) is 3.24. The van der Waals surface area contributed by atoms with E-state index in [2.05, 4.69) is 66.2 Å². The summed E-state index contributed by atoms with van der Waals surface area (Å²) in [5.74, 6) is 0. The first-order valence-corrected chi connectivity index (χ1v) is 8.22. The third-order valence-corrected chi connectivity index (χ3v) is 4.60. The largest absolute Gasteiger partial charge is 0.390 e. The molecule has 0 radical (unpaired) electrons. The molecule has 1 atom stereocenters. The molecule has 0 fully saturated rings. The lowest BCUT2D eigenvalue weighted by molar-refractivity contribution is -0.706. The molecule has 0 saturated heterocycles. The lowest BCUT2D eigenvalue weighted by Gasteiger charge is -2.10. The SMILES string of the molecule is CC[C@H](CO)[NH2+]Cc1ccc2c(c1)c1ccccc1n2CC. The van der Waals surface area contributed by atoms with Crippen LogP contribution in [0.2, 0.25) is 0 Å². The number of hydrogen-bond acceptors (Lipinski definition) is 1. The molecule has 0 aliphatic heterocycles. The molecule has 0 unspecified atom stereocenters. The Hall–Kier alpha value is -1.84. The Morgan fingerprint density at radius 3 is 2.55 bits per heavy atom. The van der Waals surface area contributed by atoms with E-state index in [9.17, 15) is 5.11 Å². The van der Waals surface area contributed by atoms with Crippen molar-refractivity contribution >= 4 is 21.8 Å². The summed E-state index contributed by atoms with van der Waals surface area (Å²) in [6.07, 6.45) is 0.994. The van der Waals surface area contributed by atoms with Crippen molar-refractivity contribution in [2.75, 3.05) is 6.61 Å². The van der Waals surface area contributed by atoms with Gasteiger partial charge in [-0.15, -0.1) is 0 Å². The van der Waals surface area contributed by atoms with Crippen molar-refractivity contribution in [2.45, 2.75) is 39.4 Å². The van der Waals surface area contributed by atoms with Crippen LogP contribution in [0.5, 0.6) is 0 Å². The van der Waals surface area contributed by atoms with Gasteiger partial charge in [-0.3, -0.25) is 0 Å². The van der Waals surface area contributed by atoms with E-state index in [0.29, 0.717) is 6.04 Å². The molecule has 22 heavy (non-hydrogen) atoms. The molecule has 0 bridgehead atoms. The summed E-state index contributed by atoms with van der Waals surface area (Å²) in [5.41, 5.74) is 3.93. The molecule has 3 rings (SSSR count). The van der Waals surface area contributed by atoms with Crippen LogP contribution in [0.4, 0.5) is 0 Å². The number of hydrogen-bond donors (Lipinski definition) is 2. The van der Waals surface area contributed by atoms with Crippen LogP contribution in [0.3, 0.4) is 0 Å². The number of aliphatic hydroxyl groups is 1. The van der Waals surface area contributed by atoms with Gasteiger partial charge in [0.05, 0.1) is 6.61 Å². The summed E-state index contributed by atoms with van der Waals surface area (Å²) in [4.78, 5) is 0. The number of aliphatic hydroxyl groups excluding tert-OH is 1. The van der Waals surface area contributed by atoms with Gasteiger partial charge in [-0.1, -0.05) is 31.2 Å². The van der Waals surface area contributed by atoms with Crippen molar-refractivity contribution in [1.29, 1.82) is 0 Å². The first-order valence-electron chi connectivity index (χ1n) is 8.22. The van der Waals surface area contributed by atoms with Gasteiger partial charge in [0.15, 0.2) is 0 Å². The third kappa shape index (κ3) is 2.62. The maximum Gasteiger partial charge on any atom is 0.109 e. The number of nitrogens with zero attached hydrogens (tertiary/aromatic N) is 1. The van der Waals surface area contributed by atoms with Gasteiger partial charge in [-0.25, -0.2) is 0 Å². The summed E-state index contributed by atoms with van der Waals surface area (Å²) < 4.78 is 2.38. The van der Waals surface area contributed by atoms with Crippen LogP contribution in [-0.2, 0) is 13.1 Å². The number of quaternary nitrogens is 1. The molecular formula is C19H25N2O+. The van der Waals surface area contributed by atoms with Crippen molar-refractivity contribution < 1.29 is 10.4 Å². The topological polar surface area (TPSA) is 41.8 Å². The lowest BCUT2D eigenvalue weighted by atomic mass is 10.1. The highest BCUT2D eigenvalue weighted by Crippen LogP contribution is 2.29. The maximum atomic E-state index is 9.32. The van der Waals surface area contributed by atoms with Crippen LogP contribution in [0.15, 0.2) is 42.5 Å². The Labute approximate surface area is 131 Å². The van der Waals surface area contributed by atoms with Gasteiger partial charge in [0.2, 0.25) is 0 Å². The van der Waals surface area contributed by atoms with Gasteiger partial charge in [0.1, 0.15) is 12.6 Å². The van der Waals surface area contributed by atoms with Crippen molar-refractivity contribution in [3.8, 4) is 0 Å². The fraction of sp³-hybridized carbons (Fsp3) is 0.368. The van der Waals surface area contributed by atoms with E-state index in [-0.39, 0.29) is 6.61 Å². The van der Waals surface area contributed by atoms with E-state index in [1.54, 1.807) is 0 Å². The number of benzene rings is 2. The Morgan fingerprint density at radius 2 is 1.82 bits per heavy atom. The number of rotatable bonds is 6. The van der Waals surface area contributed by atoms with E-state index in [1.165, 1.54) is 27.4 Å². The molecule has 3 N–H and O–H groups in total. The molecule has 0 aliphatic rings. The molecule has 2 aromatic carbocycles. The monoisotopic (exact) mass is 297 g/mol. The summed E-state index contributed by atoms with van der Waals surface area (Å²) in [6.45, 7) is 6.46. The van der Waals surface area contributed by atoms with Crippen LogP contribution in [-0.4, -0.2) is 22.3 Å². The molecule has 1 aromatic heterocycles. The van der Waals surface area contributed by atoms with Gasteiger partial charge in [-0.2, -0.15) is 0 Å². The summed E-state index contributed by atoms with van der Waals surface area (Å²) >= 11 is 0. The first kappa shape index (κ1) is 15.1. The predicted octanol–water partition coefficient (Wildman–Crippen LogP) is 2.65. The zero-order chi connectivity index (χ0) is 15.5. The minimum absolute atomic E-state index is 0.244. The lowest BCUT2D eigenvalue weighted by Crippen LogP contribution is -2.89. The van der Waals surface area contributed by atoms with E-state index in [4.69, 9.17) is 0 Å². The molecule has 0 spiro atoms. The highest BCUT2D eigenvalue weighted by molar-refractivity contribution is 6.08. The van der Waals surface area contributed by atoms with E-state index >= 15 is 0 Å². The normalized spacial score (nSPS) is 13.0. The smallest absolute Gasteiger partial charge is 0.109 e. The van der Waals surface area contributed by atoms with Crippen molar-refractivity contribution in [3.63, 3.8) is 0 Å². The van der Waals surface area contributed by atoms with Crippen molar-refractivity contribution in [3.05, 3.63) is 48.0 Å². The number of para-hydroxylation sites is 1. The van der Waals surface area contributed by atoms with Crippen LogP contribution in [0.25, 0.3) is 21.8 Å². The fourth-order valence-corrected chi connectivity index (χ4v) is 3.24. The highest BCUT2D eigenvalue weighted by atomic mass is 16.3. The van der Waals surface area contributed by atoms with Crippen LogP contribution >= 0.6 is 0 Å². The van der Waals surface area contributed by atoms with Gasteiger partial charge in [0, 0.05) is 33.9 Å². The second kappa shape index (κ2) is 6.51. The second-order valence-corrected chi connectivity index (χ2v) is 5.90. The molecule has 3 aromatic rings. The van der Waals surface area contributed by atoms with Gasteiger partial charge in [-0.05, 0) is 31.5 Å². The first-order chi connectivity index (χ1) is 10.8. The summed E-state index contributed by atoms with van der Waals surface area (Å²) in [7, 11) is 0. The Kier molecular flexibility index (Phi) is 4.46. The highest BCUT2D eigenvalue weighted by Gasteiger charge is 2.11. The Bertz CT molecular complexity index is 772. The van der Waals surface area contributed by atoms with Gasteiger partial charge < -0.3 is 15.0 Å². The van der Waals surface area contributed by atoms with Gasteiger partial charge >= 0.3 is 0 Å². The maximum absolute atomic E-state index is 9.32. The number of fused-ring (bicyclic) bond motifs is 3. The molecule has 3 nitrogen and oxygen atoms in total. The van der Waals surface area contributed by atoms with Gasteiger partial charge in [0.25, 0.3) is 0 Å². The molecular weight excluding hydrogens is 272 g/mol. The zero-order valence-corrected chi connectivity index (χ0v) is 13.4. The minimum Gasteiger partial charge on any atom is -0.390 e. The molecule has 0 aliphatic carbocycles. The average Bonchev–Trinajstić information content (AvgIpc) is 2.89. The van der Waals surface area contributed by atoms with Crippen molar-refractivity contribution in [2.24, 2.45) is 0 Å². The van der Waals surface area contributed by atoms with Crippen molar-refractivity contribution in [1.82, 2.24) is 4.57 Å². The average molecular weight is 297 g/mol. The predicted molar refractivity (Wildman–Crippen MR) is 91.9 cm³/mol. The van der Waals surface area contributed by atoms with Crippen LogP contribution in [0, 0.1) is 0 Å². The van der Waals surface area contributed by atoms with E-state index < -0.39 is 0 Å². The van der Waals surface area contributed by atoms with E-state index in [0.717, 1.165) is 19.5 Å².